The second-order valence-corrected chi connectivity index (χ2v) is 6.16. The van der Waals surface area contributed by atoms with Gasteiger partial charge in [-0.2, -0.15) is 0 Å². The van der Waals surface area contributed by atoms with Crippen molar-refractivity contribution in [1.82, 2.24) is 15.2 Å². The summed E-state index contributed by atoms with van der Waals surface area (Å²) >= 11 is 0. The van der Waals surface area contributed by atoms with Crippen molar-refractivity contribution in [2.75, 3.05) is 32.7 Å². The first kappa shape index (κ1) is 12.4. The lowest BCUT2D eigenvalue weighted by molar-refractivity contribution is 0.244. The molecule has 1 saturated heterocycles. The summed E-state index contributed by atoms with van der Waals surface area (Å²) < 4.78 is 0. The fourth-order valence-corrected chi connectivity index (χ4v) is 3.67. The molecule has 3 heteroatoms. The van der Waals surface area contributed by atoms with Crippen LogP contribution in [-0.4, -0.2) is 42.6 Å². The van der Waals surface area contributed by atoms with Gasteiger partial charge >= 0.3 is 0 Å². The zero-order chi connectivity index (χ0) is 13.4. The molecule has 2 N–H and O–H groups in total. The zero-order valence-corrected chi connectivity index (χ0v) is 12.0. The molecule has 2 heterocycles. The average molecular weight is 269 g/mol. The molecule has 1 aliphatic carbocycles. The molecule has 4 rings (SSSR count). The maximum atomic E-state index is 3.59. The summed E-state index contributed by atoms with van der Waals surface area (Å²) in [5, 5.41) is 4.90. The van der Waals surface area contributed by atoms with E-state index in [9.17, 15) is 0 Å². The molecular formula is C17H23N3. The summed E-state index contributed by atoms with van der Waals surface area (Å²) in [5.74, 6) is 0. The van der Waals surface area contributed by atoms with Crippen molar-refractivity contribution in [2.24, 2.45) is 0 Å². The van der Waals surface area contributed by atoms with Crippen LogP contribution in [0.25, 0.3) is 10.9 Å². The molecule has 0 atom stereocenters. The van der Waals surface area contributed by atoms with Gasteiger partial charge in [0.15, 0.2) is 0 Å². The standard InChI is InChI=1S/C17H23N3/c1-2-14-15-12-13(4-5-17(15)19-16(14)3-1)6-9-20-10-7-18-8-11-20/h4-5,12,18-19H,1-3,6-11H2. The molecule has 1 aromatic carbocycles. The van der Waals surface area contributed by atoms with Crippen LogP contribution in [-0.2, 0) is 19.3 Å². The van der Waals surface area contributed by atoms with E-state index in [1.165, 1.54) is 67.5 Å². The van der Waals surface area contributed by atoms with Crippen LogP contribution in [0, 0.1) is 0 Å². The minimum Gasteiger partial charge on any atom is -0.358 e. The Labute approximate surface area is 120 Å². The number of hydrogen-bond donors (Lipinski definition) is 2. The van der Waals surface area contributed by atoms with E-state index < -0.39 is 0 Å². The van der Waals surface area contributed by atoms with E-state index in [4.69, 9.17) is 0 Å². The largest absolute Gasteiger partial charge is 0.358 e. The molecule has 106 valence electrons. The normalized spacial score (nSPS) is 19.6. The van der Waals surface area contributed by atoms with Crippen molar-refractivity contribution in [2.45, 2.75) is 25.7 Å². The topological polar surface area (TPSA) is 31.1 Å². The van der Waals surface area contributed by atoms with Gasteiger partial charge in [-0.15, -0.1) is 0 Å². The van der Waals surface area contributed by atoms with E-state index in [0.29, 0.717) is 0 Å². The molecule has 1 aromatic heterocycles. The Morgan fingerprint density at radius 1 is 1.10 bits per heavy atom. The quantitative estimate of drug-likeness (QED) is 0.894. The van der Waals surface area contributed by atoms with Crippen LogP contribution in [0.1, 0.15) is 23.2 Å². The van der Waals surface area contributed by atoms with Crippen LogP contribution in [0.4, 0.5) is 0 Å². The average Bonchev–Trinajstić information content (AvgIpc) is 3.07. The van der Waals surface area contributed by atoms with E-state index in [-0.39, 0.29) is 0 Å². The summed E-state index contributed by atoms with van der Waals surface area (Å²) in [6.07, 6.45) is 4.99. The number of aromatic amines is 1. The lowest BCUT2D eigenvalue weighted by Crippen LogP contribution is -2.44. The Kier molecular flexibility index (Phi) is 3.25. The molecule has 1 aliphatic heterocycles. The second kappa shape index (κ2) is 5.23. The van der Waals surface area contributed by atoms with Gasteiger partial charge in [-0.1, -0.05) is 6.07 Å². The predicted octanol–water partition coefficient (Wildman–Crippen LogP) is 2.10. The minimum atomic E-state index is 1.14. The number of fused-ring (bicyclic) bond motifs is 3. The second-order valence-electron chi connectivity index (χ2n) is 6.16. The lowest BCUT2D eigenvalue weighted by Gasteiger charge is -2.27. The van der Waals surface area contributed by atoms with Gasteiger partial charge in [0.05, 0.1) is 0 Å². The highest BCUT2D eigenvalue weighted by Crippen LogP contribution is 2.30. The molecule has 0 saturated carbocycles. The molecule has 0 amide bonds. The molecule has 0 radical (unpaired) electrons. The van der Waals surface area contributed by atoms with Crippen molar-refractivity contribution >= 4 is 10.9 Å². The van der Waals surface area contributed by atoms with E-state index >= 15 is 0 Å². The van der Waals surface area contributed by atoms with E-state index in [2.05, 4.69) is 33.4 Å². The van der Waals surface area contributed by atoms with Gasteiger partial charge in [0.25, 0.3) is 0 Å². The van der Waals surface area contributed by atoms with Crippen LogP contribution in [0.2, 0.25) is 0 Å². The lowest BCUT2D eigenvalue weighted by atomic mass is 10.1. The summed E-state index contributed by atoms with van der Waals surface area (Å²) in [7, 11) is 0. The Balaban J connectivity index is 1.51. The summed E-state index contributed by atoms with van der Waals surface area (Å²) in [6, 6.07) is 7.01. The van der Waals surface area contributed by atoms with E-state index in [1.807, 2.05) is 0 Å². The zero-order valence-electron chi connectivity index (χ0n) is 12.0. The predicted molar refractivity (Wildman–Crippen MR) is 83.3 cm³/mol. The number of rotatable bonds is 3. The van der Waals surface area contributed by atoms with Crippen molar-refractivity contribution in [3.8, 4) is 0 Å². The number of aryl methyl sites for hydroxylation is 2. The molecule has 2 aromatic rings. The maximum Gasteiger partial charge on any atom is 0.0459 e. The summed E-state index contributed by atoms with van der Waals surface area (Å²) in [6.45, 7) is 5.87. The van der Waals surface area contributed by atoms with Crippen LogP contribution in [0.5, 0.6) is 0 Å². The Morgan fingerprint density at radius 3 is 2.90 bits per heavy atom. The number of H-pyrrole nitrogens is 1. The third-order valence-electron chi connectivity index (χ3n) is 4.84. The number of hydrogen-bond acceptors (Lipinski definition) is 2. The Bertz CT molecular complexity index is 608. The SMILES string of the molecule is c1cc2[nH]c3c(c2cc1CCN1CCNCC1)CCC3. The van der Waals surface area contributed by atoms with Crippen LogP contribution >= 0.6 is 0 Å². The third-order valence-corrected chi connectivity index (χ3v) is 4.84. The Morgan fingerprint density at radius 2 is 2.00 bits per heavy atom. The van der Waals surface area contributed by atoms with Gasteiger partial charge in [-0.25, -0.2) is 0 Å². The van der Waals surface area contributed by atoms with Gasteiger partial charge in [0.1, 0.15) is 0 Å². The van der Waals surface area contributed by atoms with E-state index in [1.54, 1.807) is 5.56 Å². The molecule has 0 spiro atoms. The molecule has 1 fully saturated rings. The summed E-state index contributed by atoms with van der Waals surface area (Å²) in [4.78, 5) is 6.16. The van der Waals surface area contributed by atoms with Crippen LogP contribution < -0.4 is 5.32 Å². The number of piperazine rings is 1. The number of nitrogens with zero attached hydrogens (tertiary/aromatic N) is 1. The fraction of sp³-hybridized carbons (Fsp3) is 0.529. The van der Waals surface area contributed by atoms with Crippen LogP contribution in [0.15, 0.2) is 18.2 Å². The molecular weight excluding hydrogens is 246 g/mol. The van der Waals surface area contributed by atoms with Crippen LogP contribution in [0.3, 0.4) is 0 Å². The smallest absolute Gasteiger partial charge is 0.0459 e. The minimum absolute atomic E-state index is 1.14. The maximum absolute atomic E-state index is 3.59. The van der Waals surface area contributed by atoms with Gasteiger partial charge in [0, 0.05) is 49.3 Å². The van der Waals surface area contributed by atoms with Crippen molar-refractivity contribution in [3.05, 3.63) is 35.0 Å². The highest BCUT2D eigenvalue weighted by Gasteiger charge is 2.17. The highest BCUT2D eigenvalue weighted by molar-refractivity contribution is 5.85. The third kappa shape index (κ3) is 2.25. The molecule has 2 aliphatic rings. The summed E-state index contributed by atoms with van der Waals surface area (Å²) in [5.41, 5.74) is 5.90. The Hall–Kier alpha value is -1.32. The molecule has 20 heavy (non-hydrogen) atoms. The molecule has 0 unspecified atom stereocenters. The van der Waals surface area contributed by atoms with Gasteiger partial charge in [-0.05, 0) is 48.9 Å². The number of benzene rings is 1. The molecule has 0 bridgehead atoms. The van der Waals surface area contributed by atoms with Gasteiger partial charge in [-0.3, -0.25) is 0 Å². The van der Waals surface area contributed by atoms with Crippen molar-refractivity contribution in [1.29, 1.82) is 0 Å². The van der Waals surface area contributed by atoms with E-state index in [0.717, 1.165) is 13.1 Å². The first-order chi connectivity index (χ1) is 9.90. The van der Waals surface area contributed by atoms with Crippen molar-refractivity contribution in [3.63, 3.8) is 0 Å². The monoisotopic (exact) mass is 269 g/mol. The number of aromatic nitrogens is 1. The first-order valence-corrected chi connectivity index (χ1v) is 7.95. The van der Waals surface area contributed by atoms with Crippen molar-refractivity contribution < 1.29 is 0 Å². The molecule has 3 nitrogen and oxygen atoms in total. The number of nitrogens with one attached hydrogen (secondary N) is 2. The van der Waals surface area contributed by atoms with Gasteiger partial charge in [0.2, 0.25) is 0 Å². The highest BCUT2D eigenvalue weighted by atomic mass is 15.2. The van der Waals surface area contributed by atoms with Gasteiger partial charge < -0.3 is 15.2 Å². The first-order valence-electron chi connectivity index (χ1n) is 7.95. The fourth-order valence-electron chi connectivity index (χ4n) is 3.67.